The van der Waals surface area contributed by atoms with Crippen molar-refractivity contribution in [3.05, 3.63) is 113 Å². The minimum absolute atomic E-state index is 0.0324. The van der Waals surface area contributed by atoms with Gasteiger partial charge >= 0.3 is 5.97 Å². The first kappa shape index (κ1) is 29.6. The van der Waals surface area contributed by atoms with E-state index in [0.717, 1.165) is 15.8 Å². The van der Waals surface area contributed by atoms with E-state index in [1.165, 1.54) is 11.3 Å². The van der Waals surface area contributed by atoms with E-state index in [9.17, 15) is 9.59 Å². The number of rotatable bonds is 9. The summed E-state index contributed by atoms with van der Waals surface area (Å²) < 4.78 is 25.4. The standard InChI is InChI=1S/C32H31BrN2O6S/c1-5-40-31(37)28-19(2)34-32-35(29(28)22-12-14-25(38-3)26(17-22)39-4)30(36)27(42-32)16-21-11-13-24(23(33)15-21)41-18-20-9-7-6-8-10-20/h6-14,16-17,21,29H,5,15,18H2,1-4H3/b27-16-/t21-,29-/m1/s1. The van der Waals surface area contributed by atoms with E-state index in [1.54, 1.807) is 44.8 Å². The number of hydrogen-bond acceptors (Lipinski definition) is 8. The summed E-state index contributed by atoms with van der Waals surface area (Å²) in [5.74, 6) is 1.26. The van der Waals surface area contributed by atoms with Crippen LogP contribution in [0, 0.1) is 5.92 Å². The molecule has 1 aliphatic heterocycles. The number of fused-ring (bicyclic) bond motifs is 1. The molecule has 2 atom stereocenters. The summed E-state index contributed by atoms with van der Waals surface area (Å²) in [6, 6.07) is 14.6. The molecule has 0 saturated carbocycles. The zero-order valence-corrected chi connectivity index (χ0v) is 26.2. The maximum absolute atomic E-state index is 14.0. The molecule has 8 nitrogen and oxygen atoms in total. The van der Waals surface area contributed by atoms with Crippen molar-refractivity contribution in [3.8, 4) is 11.5 Å². The minimum atomic E-state index is -0.742. The summed E-state index contributed by atoms with van der Waals surface area (Å²) in [5, 5.41) is 0. The summed E-state index contributed by atoms with van der Waals surface area (Å²) in [4.78, 5) is 32.3. The summed E-state index contributed by atoms with van der Waals surface area (Å²) in [5.41, 5.74) is 2.35. The molecule has 2 aliphatic rings. The van der Waals surface area contributed by atoms with Gasteiger partial charge in [-0.1, -0.05) is 75.8 Å². The Morgan fingerprint density at radius 2 is 1.90 bits per heavy atom. The molecule has 218 valence electrons. The van der Waals surface area contributed by atoms with Gasteiger partial charge in [-0.2, -0.15) is 0 Å². The van der Waals surface area contributed by atoms with Crippen LogP contribution in [0.5, 0.6) is 11.5 Å². The summed E-state index contributed by atoms with van der Waals surface area (Å²) in [6.07, 6.45) is 6.56. The summed E-state index contributed by atoms with van der Waals surface area (Å²) >= 11 is 4.98. The zero-order valence-electron chi connectivity index (χ0n) is 23.8. The van der Waals surface area contributed by atoms with Gasteiger partial charge in [-0.05, 0) is 49.6 Å². The van der Waals surface area contributed by atoms with Crippen LogP contribution >= 0.6 is 27.3 Å². The number of aromatic nitrogens is 1. The summed E-state index contributed by atoms with van der Waals surface area (Å²) in [6.45, 7) is 4.18. The predicted molar refractivity (Wildman–Crippen MR) is 165 cm³/mol. The molecule has 0 fully saturated rings. The van der Waals surface area contributed by atoms with Crippen LogP contribution in [0.2, 0.25) is 0 Å². The number of thiazole rings is 1. The Balaban J connectivity index is 1.51. The maximum atomic E-state index is 14.0. The molecule has 42 heavy (non-hydrogen) atoms. The molecule has 0 spiro atoms. The minimum Gasteiger partial charge on any atom is -0.493 e. The largest absolute Gasteiger partial charge is 0.493 e. The maximum Gasteiger partial charge on any atom is 0.338 e. The van der Waals surface area contributed by atoms with Gasteiger partial charge in [0.2, 0.25) is 0 Å². The first-order valence-corrected chi connectivity index (χ1v) is 15.1. The van der Waals surface area contributed by atoms with Crippen molar-refractivity contribution >= 4 is 39.3 Å². The number of hydrogen-bond donors (Lipinski definition) is 0. The third-order valence-electron chi connectivity index (χ3n) is 7.02. The van der Waals surface area contributed by atoms with Gasteiger partial charge in [-0.25, -0.2) is 9.79 Å². The van der Waals surface area contributed by atoms with Crippen LogP contribution < -0.4 is 24.4 Å². The average molecular weight is 652 g/mol. The lowest BCUT2D eigenvalue weighted by Gasteiger charge is -2.25. The lowest BCUT2D eigenvalue weighted by atomic mass is 9.95. The second kappa shape index (κ2) is 13.0. The number of halogens is 1. The van der Waals surface area contributed by atoms with Crippen LogP contribution in [0.15, 0.2) is 92.0 Å². The highest BCUT2D eigenvalue weighted by Gasteiger charge is 2.34. The Labute approximate surface area is 256 Å². The van der Waals surface area contributed by atoms with Crippen molar-refractivity contribution in [1.82, 2.24) is 4.57 Å². The first-order valence-electron chi connectivity index (χ1n) is 13.5. The lowest BCUT2D eigenvalue weighted by Crippen LogP contribution is -2.40. The van der Waals surface area contributed by atoms with Crippen molar-refractivity contribution in [2.45, 2.75) is 32.9 Å². The van der Waals surface area contributed by atoms with Gasteiger partial charge in [0.05, 0.1) is 42.7 Å². The van der Waals surface area contributed by atoms with Gasteiger partial charge in [-0.15, -0.1) is 0 Å². The van der Waals surface area contributed by atoms with Crippen LogP contribution in [-0.2, 0) is 20.9 Å². The Kier molecular flexibility index (Phi) is 9.13. The Morgan fingerprint density at radius 1 is 1.14 bits per heavy atom. The Hall–Kier alpha value is -3.89. The fourth-order valence-corrected chi connectivity index (χ4v) is 6.71. The lowest BCUT2D eigenvalue weighted by molar-refractivity contribution is -0.139. The number of nitrogens with zero attached hydrogens (tertiary/aromatic N) is 2. The molecular weight excluding hydrogens is 620 g/mol. The zero-order chi connectivity index (χ0) is 29.8. The number of ether oxygens (including phenoxy) is 4. The first-order chi connectivity index (χ1) is 20.3. The van der Waals surface area contributed by atoms with E-state index in [1.807, 2.05) is 54.6 Å². The number of methoxy groups -OCH3 is 2. The monoisotopic (exact) mass is 650 g/mol. The van der Waals surface area contributed by atoms with Crippen molar-refractivity contribution in [3.63, 3.8) is 0 Å². The molecule has 0 amide bonds. The van der Waals surface area contributed by atoms with E-state index in [4.69, 9.17) is 18.9 Å². The molecule has 0 unspecified atom stereocenters. The highest BCUT2D eigenvalue weighted by Crippen LogP contribution is 2.36. The average Bonchev–Trinajstić information content (AvgIpc) is 3.29. The van der Waals surface area contributed by atoms with Crippen LogP contribution in [-0.4, -0.2) is 31.4 Å². The normalized spacial score (nSPS) is 18.5. The van der Waals surface area contributed by atoms with Gasteiger partial charge in [0.1, 0.15) is 12.4 Å². The van der Waals surface area contributed by atoms with E-state index < -0.39 is 12.0 Å². The molecule has 10 heteroatoms. The second-order valence-electron chi connectivity index (χ2n) is 9.71. The number of allylic oxidation sites excluding steroid dienone is 4. The van der Waals surface area contributed by atoms with Crippen molar-refractivity contribution < 1.29 is 23.7 Å². The van der Waals surface area contributed by atoms with E-state index in [2.05, 4.69) is 20.9 Å². The SMILES string of the molecule is CCOC(=O)C1=C(C)N=c2s/c(=C\[C@@H]3C=CC(OCc4ccccc4)=C(Br)C3)c(=O)n2[C@@H]1c1ccc(OC)c(OC)c1. The Bertz CT molecular complexity index is 1770. The van der Waals surface area contributed by atoms with Gasteiger partial charge in [0, 0.05) is 10.4 Å². The van der Waals surface area contributed by atoms with Crippen LogP contribution in [0.3, 0.4) is 0 Å². The molecular formula is C32H31BrN2O6S. The van der Waals surface area contributed by atoms with Gasteiger partial charge < -0.3 is 18.9 Å². The van der Waals surface area contributed by atoms with Gasteiger partial charge in [-0.3, -0.25) is 9.36 Å². The van der Waals surface area contributed by atoms with Crippen molar-refractivity contribution in [2.75, 3.05) is 20.8 Å². The number of carbonyl (C=O) groups excluding carboxylic acids is 1. The molecule has 2 heterocycles. The fourth-order valence-electron chi connectivity index (χ4n) is 4.99. The molecule has 5 rings (SSSR count). The number of carbonyl (C=O) groups is 1. The molecule has 2 aromatic carbocycles. The van der Waals surface area contributed by atoms with Gasteiger partial charge in [0.25, 0.3) is 5.56 Å². The molecule has 0 N–H and O–H groups in total. The molecule has 1 aliphatic carbocycles. The van der Waals surface area contributed by atoms with E-state index in [0.29, 0.717) is 50.7 Å². The summed E-state index contributed by atoms with van der Waals surface area (Å²) in [7, 11) is 3.10. The number of esters is 1. The Morgan fingerprint density at radius 3 is 2.60 bits per heavy atom. The van der Waals surface area contributed by atoms with Crippen molar-refractivity contribution in [2.24, 2.45) is 10.9 Å². The molecule has 0 bridgehead atoms. The molecule has 0 radical (unpaired) electrons. The van der Waals surface area contributed by atoms with E-state index >= 15 is 0 Å². The van der Waals surface area contributed by atoms with Crippen molar-refractivity contribution in [1.29, 1.82) is 0 Å². The highest BCUT2D eigenvalue weighted by molar-refractivity contribution is 9.11. The number of benzene rings is 2. The third kappa shape index (κ3) is 6.00. The molecule has 0 saturated heterocycles. The highest BCUT2D eigenvalue weighted by atomic mass is 79.9. The molecule has 1 aromatic heterocycles. The quantitative estimate of drug-likeness (QED) is 0.297. The topological polar surface area (TPSA) is 88.4 Å². The predicted octanol–water partition coefficient (Wildman–Crippen LogP) is 5.17. The molecule has 3 aromatic rings. The van der Waals surface area contributed by atoms with E-state index in [-0.39, 0.29) is 18.1 Å². The van der Waals surface area contributed by atoms with Crippen LogP contribution in [0.4, 0.5) is 0 Å². The van der Waals surface area contributed by atoms with Gasteiger partial charge in [0.15, 0.2) is 16.3 Å². The second-order valence-corrected chi connectivity index (χ2v) is 11.7. The fraction of sp³-hybridized carbons (Fsp3) is 0.281. The van der Waals surface area contributed by atoms with Crippen LogP contribution in [0.25, 0.3) is 6.08 Å². The third-order valence-corrected chi connectivity index (χ3v) is 8.74. The smallest absolute Gasteiger partial charge is 0.338 e. The van der Waals surface area contributed by atoms with Crippen LogP contribution in [0.1, 0.15) is 37.4 Å².